The Labute approximate surface area is 143 Å². The van der Waals surface area contributed by atoms with Gasteiger partial charge in [-0.2, -0.15) is 0 Å². The van der Waals surface area contributed by atoms with Gasteiger partial charge in [-0.05, 0) is 24.3 Å². The van der Waals surface area contributed by atoms with E-state index in [2.05, 4.69) is 10.6 Å². The summed E-state index contributed by atoms with van der Waals surface area (Å²) >= 11 is 0. The number of ether oxygens (including phenoxy) is 3. The van der Waals surface area contributed by atoms with Crippen molar-refractivity contribution in [1.82, 2.24) is 5.32 Å². The standard InChI is InChI=1S/C17H18F2N2O4/c1-23-14-4-3-5-15(16(14)24-2)25-9-8-20-17(22)21-13-7-6-11(18)10-12(13)19/h3-7,10H,8-9H2,1-2H3,(H2,20,21,22). The molecular formula is C17H18F2N2O4. The lowest BCUT2D eigenvalue weighted by Crippen LogP contribution is -2.32. The van der Waals surface area contributed by atoms with Gasteiger partial charge in [-0.25, -0.2) is 13.6 Å². The zero-order valence-electron chi connectivity index (χ0n) is 13.8. The zero-order chi connectivity index (χ0) is 18.2. The van der Waals surface area contributed by atoms with Gasteiger partial charge in [0.15, 0.2) is 11.5 Å². The highest BCUT2D eigenvalue weighted by molar-refractivity contribution is 5.89. The topological polar surface area (TPSA) is 68.8 Å². The predicted octanol–water partition coefficient (Wildman–Crippen LogP) is 3.18. The number of methoxy groups -OCH3 is 2. The molecule has 0 saturated carbocycles. The molecule has 0 saturated heterocycles. The van der Waals surface area contributed by atoms with E-state index in [-0.39, 0.29) is 18.8 Å². The van der Waals surface area contributed by atoms with Crippen molar-refractivity contribution in [3.63, 3.8) is 0 Å². The summed E-state index contributed by atoms with van der Waals surface area (Å²) in [4.78, 5) is 11.7. The van der Waals surface area contributed by atoms with Gasteiger partial charge in [0.1, 0.15) is 18.2 Å². The molecule has 0 aliphatic carbocycles. The number of anilines is 1. The Morgan fingerprint density at radius 2 is 1.84 bits per heavy atom. The lowest BCUT2D eigenvalue weighted by Gasteiger charge is -2.14. The second kappa shape index (κ2) is 8.72. The van der Waals surface area contributed by atoms with E-state index in [0.29, 0.717) is 23.3 Å². The number of carbonyl (C=O) groups is 1. The van der Waals surface area contributed by atoms with Gasteiger partial charge in [-0.3, -0.25) is 0 Å². The zero-order valence-corrected chi connectivity index (χ0v) is 13.8. The molecule has 134 valence electrons. The summed E-state index contributed by atoms with van der Waals surface area (Å²) < 4.78 is 42.2. The quantitative estimate of drug-likeness (QED) is 0.751. The average molecular weight is 352 g/mol. The first-order valence-electron chi connectivity index (χ1n) is 7.39. The van der Waals surface area contributed by atoms with E-state index in [1.54, 1.807) is 18.2 Å². The van der Waals surface area contributed by atoms with E-state index in [1.165, 1.54) is 14.2 Å². The van der Waals surface area contributed by atoms with Gasteiger partial charge in [-0.1, -0.05) is 6.07 Å². The van der Waals surface area contributed by atoms with Gasteiger partial charge >= 0.3 is 6.03 Å². The lowest BCUT2D eigenvalue weighted by molar-refractivity contribution is 0.245. The fourth-order valence-electron chi connectivity index (χ4n) is 2.05. The normalized spacial score (nSPS) is 10.1. The molecule has 0 radical (unpaired) electrons. The third-order valence-corrected chi connectivity index (χ3v) is 3.19. The van der Waals surface area contributed by atoms with Crippen molar-refractivity contribution in [2.75, 3.05) is 32.7 Å². The van der Waals surface area contributed by atoms with Gasteiger partial charge in [-0.15, -0.1) is 0 Å². The summed E-state index contributed by atoms with van der Waals surface area (Å²) in [5.41, 5.74) is -0.116. The van der Waals surface area contributed by atoms with E-state index in [1.807, 2.05) is 0 Å². The predicted molar refractivity (Wildman–Crippen MR) is 88.4 cm³/mol. The first-order valence-corrected chi connectivity index (χ1v) is 7.39. The summed E-state index contributed by atoms with van der Waals surface area (Å²) in [5.74, 6) is -0.134. The van der Waals surface area contributed by atoms with Crippen LogP contribution >= 0.6 is 0 Å². The Balaban J connectivity index is 1.82. The van der Waals surface area contributed by atoms with Crippen molar-refractivity contribution in [3.05, 3.63) is 48.0 Å². The first-order chi connectivity index (χ1) is 12.0. The van der Waals surface area contributed by atoms with E-state index < -0.39 is 17.7 Å². The Kier molecular flexibility index (Phi) is 6.39. The van der Waals surface area contributed by atoms with Crippen LogP contribution in [0.3, 0.4) is 0 Å². The van der Waals surface area contributed by atoms with E-state index >= 15 is 0 Å². The van der Waals surface area contributed by atoms with Crippen molar-refractivity contribution < 1.29 is 27.8 Å². The van der Waals surface area contributed by atoms with Crippen molar-refractivity contribution >= 4 is 11.7 Å². The molecule has 0 fully saturated rings. The van der Waals surface area contributed by atoms with E-state index in [4.69, 9.17) is 14.2 Å². The Bertz CT molecular complexity index is 741. The molecule has 0 atom stereocenters. The number of urea groups is 1. The Morgan fingerprint density at radius 1 is 1.08 bits per heavy atom. The SMILES string of the molecule is COc1cccc(OCCNC(=O)Nc2ccc(F)cc2F)c1OC. The maximum atomic E-state index is 13.4. The second-order valence-corrected chi connectivity index (χ2v) is 4.85. The molecule has 0 heterocycles. The van der Waals surface area contributed by atoms with Crippen LogP contribution in [0.4, 0.5) is 19.3 Å². The molecule has 2 rings (SSSR count). The van der Waals surface area contributed by atoms with Crippen LogP contribution in [-0.2, 0) is 0 Å². The number of carbonyl (C=O) groups excluding carboxylic acids is 1. The summed E-state index contributed by atoms with van der Waals surface area (Å²) in [6, 6.07) is 7.43. The minimum atomic E-state index is -0.854. The second-order valence-electron chi connectivity index (χ2n) is 4.85. The average Bonchev–Trinajstić information content (AvgIpc) is 2.60. The number of rotatable bonds is 7. The molecule has 2 amide bonds. The molecule has 2 aromatic carbocycles. The largest absolute Gasteiger partial charge is 0.493 e. The van der Waals surface area contributed by atoms with Crippen LogP contribution in [0.15, 0.2) is 36.4 Å². The number of amides is 2. The van der Waals surface area contributed by atoms with Crippen molar-refractivity contribution in [1.29, 1.82) is 0 Å². The van der Waals surface area contributed by atoms with Gasteiger partial charge in [0.05, 0.1) is 26.5 Å². The molecule has 0 aromatic heterocycles. The number of para-hydroxylation sites is 1. The number of nitrogens with one attached hydrogen (secondary N) is 2. The minimum absolute atomic E-state index is 0.116. The van der Waals surface area contributed by atoms with Crippen LogP contribution in [0.25, 0.3) is 0 Å². The smallest absolute Gasteiger partial charge is 0.319 e. The summed E-state index contributed by atoms with van der Waals surface area (Å²) in [6.07, 6.45) is 0. The van der Waals surface area contributed by atoms with Crippen molar-refractivity contribution in [2.24, 2.45) is 0 Å². The number of halogens is 2. The van der Waals surface area contributed by atoms with Crippen LogP contribution in [0, 0.1) is 11.6 Å². The highest BCUT2D eigenvalue weighted by Crippen LogP contribution is 2.36. The number of hydrogen-bond acceptors (Lipinski definition) is 4. The molecule has 0 spiro atoms. The molecule has 0 aliphatic rings. The fraction of sp³-hybridized carbons (Fsp3) is 0.235. The van der Waals surface area contributed by atoms with Gasteiger partial charge in [0.2, 0.25) is 5.75 Å². The molecular weight excluding hydrogens is 334 g/mol. The summed E-state index contributed by atoms with van der Waals surface area (Å²) in [5, 5.41) is 4.79. The monoisotopic (exact) mass is 352 g/mol. The van der Waals surface area contributed by atoms with Gasteiger partial charge < -0.3 is 24.8 Å². The van der Waals surface area contributed by atoms with Crippen LogP contribution in [0.2, 0.25) is 0 Å². The van der Waals surface area contributed by atoms with Gasteiger partial charge in [0, 0.05) is 6.07 Å². The summed E-state index contributed by atoms with van der Waals surface area (Å²) in [6.45, 7) is 0.317. The van der Waals surface area contributed by atoms with Gasteiger partial charge in [0.25, 0.3) is 0 Å². The highest BCUT2D eigenvalue weighted by Gasteiger charge is 2.11. The van der Waals surface area contributed by atoms with Crippen molar-refractivity contribution in [3.8, 4) is 17.2 Å². The van der Waals surface area contributed by atoms with Crippen LogP contribution in [0.5, 0.6) is 17.2 Å². The minimum Gasteiger partial charge on any atom is -0.493 e. The number of benzene rings is 2. The van der Waals surface area contributed by atoms with Crippen LogP contribution < -0.4 is 24.8 Å². The Morgan fingerprint density at radius 3 is 2.52 bits per heavy atom. The third kappa shape index (κ3) is 4.97. The molecule has 25 heavy (non-hydrogen) atoms. The van der Waals surface area contributed by atoms with E-state index in [9.17, 15) is 13.6 Å². The Hall–Kier alpha value is -3.03. The third-order valence-electron chi connectivity index (χ3n) is 3.19. The maximum Gasteiger partial charge on any atom is 0.319 e. The molecule has 2 N–H and O–H groups in total. The lowest BCUT2D eigenvalue weighted by atomic mass is 10.3. The molecule has 0 aliphatic heterocycles. The number of hydrogen-bond donors (Lipinski definition) is 2. The summed E-state index contributed by atoms with van der Waals surface area (Å²) in [7, 11) is 3.01. The molecule has 8 heteroatoms. The molecule has 0 unspecified atom stereocenters. The van der Waals surface area contributed by atoms with Crippen LogP contribution in [0.1, 0.15) is 0 Å². The molecule has 0 bridgehead atoms. The fourth-order valence-corrected chi connectivity index (χ4v) is 2.05. The van der Waals surface area contributed by atoms with E-state index in [0.717, 1.165) is 12.1 Å². The molecule has 6 nitrogen and oxygen atoms in total. The molecule has 2 aromatic rings. The highest BCUT2D eigenvalue weighted by atomic mass is 19.1. The van der Waals surface area contributed by atoms with Crippen LogP contribution in [-0.4, -0.2) is 33.4 Å². The maximum absolute atomic E-state index is 13.4. The first kappa shape index (κ1) is 18.3. The van der Waals surface area contributed by atoms with Crippen molar-refractivity contribution in [2.45, 2.75) is 0 Å².